The summed E-state index contributed by atoms with van der Waals surface area (Å²) in [5.74, 6) is 0. The molecule has 3 heteroatoms. The summed E-state index contributed by atoms with van der Waals surface area (Å²) < 4.78 is 5.74. The van der Waals surface area contributed by atoms with Crippen LogP contribution in [0.4, 0.5) is 0 Å². The molecule has 112 valence electrons. The fraction of sp³-hybridized carbons (Fsp3) is 0.647. The van der Waals surface area contributed by atoms with E-state index < -0.39 is 0 Å². The second-order valence-electron chi connectivity index (χ2n) is 5.85. The molecule has 0 bridgehead atoms. The molecule has 1 saturated heterocycles. The molecule has 1 aromatic rings. The van der Waals surface area contributed by atoms with Gasteiger partial charge in [-0.3, -0.25) is 4.90 Å². The first-order chi connectivity index (χ1) is 9.70. The number of benzene rings is 1. The Morgan fingerprint density at radius 3 is 2.70 bits per heavy atom. The van der Waals surface area contributed by atoms with Crippen LogP contribution >= 0.6 is 0 Å². The Hall–Kier alpha value is -0.900. The van der Waals surface area contributed by atoms with Crippen LogP contribution < -0.4 is 5.32 Å². The molecule has 2 rings (SSSR count). The zero-order valence-corrected chi connectivity index (χ0v) is 13.0. The van der Waals surface area contributed by atoms with E-state index in [2.05, 4.69) is 61.3 Å². The van der Waals surface area contributed by atoms with Gasteiger partial charge in [-0.05, 0) is 25.8 Å². The highest BCUT2D eigenvalue weighted by Gasteiger charge is 2.27. The minimum atomic E-state index is 0.315. The average molecular weight is 276 g/mol. The quantitative estimate of drug-likeness (QED) is 0.864. The highest BCUT2D eigenvalue weighted by molar-refractivity contribution is 5.20. The van der Waals surface area contributed by atoms with Crippen LogP contribution in [0.25, 0.3) is 0 Å². The van der Waals surface area contributed by atoms with E-state index in [0.29, 0.717) is 18.2 Å². The fourth-order valence-electron chi connectivity index (χ4n) is 2.81. The van der Waals surface area contributed by atoms with E-state index in [1.165, 1.54) is 12.0 Å². The Kier molecular flexibility index (Phi) is 6.02. The van der Waals surface area contributed by atoms with E-state index >= 15 is 0 Å². The number of rotatable bonds is 6. The molecule has 0 saturated carbocycles. The van der Waals surface area contributed by atoms with Gasteiger partial charge >= 0.3 is 0 Å². The van der Waals surface area contributed by atoms with Crippen LogP contribution in [0.1, 0.15) is 38.8 Å². The molecule has 0 radical (unpaired) electrons. The van der Waals surface area contributed by atoms with Crippen LogP contribution in [0.2, 0.25) is 0 Å². The Morgan fingerprint density at radius 1 is 1.30 bits per heavy atom. The summed E-state index contributed by atoms with van der Waals surface area (Å²) in [4.78, 5) is 2.57. The molecule has 1 heterocycles. The summed E-state index contributed by atoms with van der Waals surface area (Å²) in [7, 11) is 0. The van der Waals surface area contributed by atoms with Gasteiger partial charge in [0.2, 0.25) is 0 Å². The second-order valence-corrected chi connectivity index (χ2v) is 5.85. The highest BCUT2D eigenvalue weighted by Crippen LogP contribution is 2.23. The van der Waals surface area contributed by atoms with Crippen LogP contribution in [0.15, 0.2) is 30.3 Å². The third-order valence-electron chi connectivity index (χ3n) is 4.00. The van der Waals surface area contributed by atoms with Gasteiger partial charge in [-0.15, -0.1) is 0 Å². The van der Waals surface area contributed by atoms with Crippen molar-refractivity contribution < 1.29 is 4.74 Å². The lowest BCUT2D eigenvalue weighted by Crippen LogP contribution is -2.52. The van der Waals surface area contributed by atoms with Gasteiger partial charge in [0.15, 0.2) is 0 Å². The molecule has 1 aliphatic rings. The van der Waals surface area contributed by atoms with Crippen LogP contribution in [-0.2, 0) is 4.74 Å². The SMILES string of the molecule is CCC1CN(CCOC(C)C)C(c2ccccc2)CN1. The molecule has 0 aromatic heterocycles. The van der Waals surface area contributed by atoms with Crippen molar-refractivity contribution >= 4 is 0 Å². The molecule has 1 fully saturated rings. The van der Waals surface area contributed by atoms with Gasteiger partial charge in [0.25, 0.3) is 0 Å². The van der Waals surface area contributed by atoms with Crippen molar-refractivity contribution in [3.63, 3.8) is 0 Å². The molecule has 1 N–H and O–H groups in total. The van der Waals surface area contributed by atoms with E-state index in [0.717, 1.165) is 26.2 Å². The molecule has 2 unspecified atom stereocenters. The maximum absolute atomic E-state index is 5.74. The topological polar surface area (TPSA) is 24.5 Å². The first-order valence-corrected chi connectivity index (χ1v) is 7.84. The van der Waals surface area contributed by atoms with Gasteiger partial charge in [-0.2, -0.15) is 0 Å². The van der Waals surface area contributed by atoms with Gasteiger partial charge in [-0.25, -0.2) is 0 Å². The van der Waals surface area contributed by atoms with Gasteiger partial charge in [0.05, 0.1) is 12.7 Å². The minimum Gasteiger partial charge on any atom is -0.377 e. The Bertz CT molecular complexity index is 380. The van der Waals surface area contributed by atoms with Crippen molar-refractivity contribution in [3.05, 3.63) is 35.9 Å². The maximum Gasteiger partial charge on any atom is 0.0597 e. The van der Waals surface area contributed by atoms with E-state index in [1.54, 1.807) is 0 Å². The maximum atomic E-state index is 5.74. The first kappa shape index (κ1) is 15.5. The molecular weight excluding hydrogens is 248 g/mol. The zero-order valence-electron chi connectivity index (χ0n) is 13.0. The third kappa shape index (κ3) is 4.30. The lowest BCUT2D eigenvalue weighted by molar-refractivity contribution is 0.0359. The van der Waals surface area contributed by atoms with E-state index in [-0.39, 0.29) is 0 Å². The Balaban J connectivity index is 2.00. The standard InChI is InChI=1S/C17H28N2O/c1-4-16-13-19(10-11-20-14(2)3)17(12-18-16)15-8-6-5-7-9-15/h5-9,14,16-18H,4,10-13H2,1-3H3. The monoisotopic (exact) mass is 276 g/mol. The van der Waals surface area contributed by atoms with Gasteiger partial charge in [-0.1, -0.05) is 37.3 Å². The van der Waals surface area contributed by atoms with Gasteiger partial charge < -0.3 is 10.1 Å². The minimum absolute atomic E-state index is 0.315. The Morgan fingerprint density at radius 2 is 2.05 bits per heavy atom. The van der Waals surface area contributed by atoms with Gasteiger partial charge in [0, 0.05) is 31.7 Å². The van der Waals surface area contributed by atoms with Crippen molar-refractivity contribution in [1.82, 2.24) is 10.2 Å². The number of hydrogen-bond acceptors (Lipinski definition) is 3. The number of ether oxygens (including phenoxy) is 1. The van der Waals surface area contributed by atoms with Crippen molar-refractivity contribution in [2.75, 3.05) is 26.2 Å². The van der Waals surface area contributed by atoms with E-state index in [1.807, 2.05) is 0 Å². The van der Waals surface area contributed by atoms with Crippen LogP contribution in [0.3, 0.4) is 0 Å². The molecule has 0 spiro atoms. The van der Waals surface area contributed by atoms with Crippen LogP contribution in [-0.4, -0.2) is 43.3 Å². The summed E-state index contributed by atoms with van der Waals surface area (Å²) in [5, 5.41) is 3.66. The van der Waals surface area contributed by atoms with Crippen LogP contribution in [0.5, 0.6) is 0 Å². The van der Waals surface area contributed by atoms with Crippen molar-refractivity contribution in [2.45, 2.75) is 45.4 Å². The summed E-state index contributed by atoms with van der Waals surface area (Å²) in [6.45, 7) is 10.4. The first-order valence-electron chi connectivity index (χ1n) is 7.84. The number of nitrogens with zero attached hydrogens (tertiary/aromatic N) is 1. The van der Waals surface area contributed by atoms with Crippen molar-refractivity contribution in [1.29, 1.82) is 0 Å². The summed E-state index contributed by atoms with van der Waals surface area (Å²) >= 11 is 0. The predicted molar refractivity (Wildman–Crippen MR) is 83.9 cm³/mol. The molecule has 3 nitrogen and oxygen atoms in total. The largest absolute Gasteiger partial charge is 0.377 e. The molecule has 0 amide bonds. The molecule has 0 aliphatic carbocycles. The number of piperazine rings is 1. The van der Waals surface area contributed by atoms with Crippen molar-refractivity contribution in [3.8, 4) is 0 Å². The highest BCUT2D eigenvalue weighted by atomic mass is 16.5. The normalized spacial score (nSPS) is 24.2. The molecular formula is C17H28N2O. The Labute approximate surface area is 123 Å². The number of nitrogens with one attached hydrogen (secondary N) is 1. The van der Waals surface area contributed by atoms with E-state index in [4.69, 9.17) is 4.74 Å². The molecule has 20 heavy (non-hydrogen) atoms. The lowest BCUT2D eigenvalue weighted by Gasteiger charge is -2.40. The molecule has 2 atom stereocenters. The lowest BCUT2D eigenvalue weighted by atomic mass is 10.0. The summed E-state index contributed by atoms with van der Waals surface area (Å²) in [6.07, 6.45) is 1.50. The van der Waals surface area contributed by atoms with Crippen LogP contribution in [0, 0.1) is 0 Å². The summed E-state index contributed by atoms with van der Waals surface area (Å²) in [5.41, 5.74) is 1.40. The molecule has 1 aliphatic heterocycles. The van der Waals surface area contributed by atoms with E-state index in [9.17, 15) is 0 Å². The second kappa shape index (κ2) is 7.77. The third-order valence-corrected chi connectivity index (χ3v) is 4.00. The fourth-order valence-corrected chi connectivity index (χ4v) is 2.81. The average Bonchev–Trinajstić information content (AvgIpc) is 2.47. The van der Waals surface area contributed by atoms with Crippen molar-refractivity contribution in [2.24, 2.45) is 0 Å². The smallest absolute Gasteiger partial charge is 0.0597 e. The summed E-state index contributed by atoms with van der Waals surface area (Å²) in [6, 6.07) is 11.9. The number of hydrogen-bond donors (Lipinski definition) is 1. The predicted octanol–water partition coefficient (Wildman–Crippen LogP) is 2.84. The molecule has 1 aromatic carbocycles. The van der Waals surface area contributed by atoms with Gasteiger partial charge in [0.1, 0.15) is 0 Å². The zero-order chi connectivity index (χ0) is 14.4.